The van der Waals surface area contributed by atoms with Gasteiger partial charge in [0.25, 0.3) is 15.7 Å². The zero-order valence-electron chi connectivity index (χ0n) is 17.6. The average Bonchev–Trinajstić information content (AvgIpc) is 2.76. The number of carboxylic acid groups (broad SMARTS) is 1. The molecule has 170 valence electrons. The van der Waals surface area contributed by atoms with Crippen molar-refractivity contribution in [1.82, 2.24) is 0 Å². The van der Waals surface area contributed by atoms with Crippen molar-refractivity contribution in [2.24, 2.45) is 5.10 Å². The Kier molecular flexibility index (Phi) is 6.73. The van der Waals surface area contributed by atoms with Crippen LogP contribution in [0.3, 0.4) is 0 Å². The van der Waals surface area contributed by atoms with Gasteiger partial charge in [0, 0.05) is 12.1 Å². The molecule has 0 saturated heterocycles. The second-order valence-electron chi connectivity index (χ2n) is 7.16. The first-order valence-corrected chi connectivity index (χ1v) is 11.1. The van der Waals surface area contributed by atoms with E-state index < -0.39 is 26.6 Å². The Labute approximate surface area is 189 Å². The molecule has 0 aliphatic rings. The van der Waals surface area contributed by atoms with Crippen LogP contribution in [0.2, 0.25) is 0 Å². The zero-order chi connectivity index (χ0) is 24.2. The minimum atomic E-state index is -4.20. The SMILES string of the molecule is Cc1ccc(NS(=O)(=O)c2cc([N+](=O)[O-])ccc2N/N=C/c2ccc(C(=O)O)cc2)c(C)c1. The van der Waals surface area contributed by atoms with Gasteiger partial charge in [0.2, 0.25) is 0 Å². The number of hydrogen-bond acceptors (Lipinski definition) is 7. The van der Waals surface area contributed by atoms with Crippen LogP contribution in [0.5, 0.6) is 0 Å². The highest BCUT2D eigenvalue weighted by molar-refractivity contribution is 7.92. The number of benzene rings is 3. The van der Waals surface area contributed by atoms with Crippen molar-refractivity contribution in [3.05, 3.63) is 93.0 Å². The van der Waals surface area contributed by atoms with Crippen LogP contribution in [-0.2, 0) is 10.0 Å². The lowest BCUT2D eigenvalue weighted by Crippen LogP contribution is -2.16. The number of hydrazone groups is 1. The van der Waals surface area contributed by atoms with Gasteiger partial charge in [-0.1, -0.05) is 29.8 Å². The minimum absolute atomic E-state index is 0.0243. The van der Waals surface area contributed by atoms with E-state index in [2.05, 4.69) is 15.2 Å². The highest BCUT2D eigenvalue weighted by Crippen LogP contribution is 2.29. The van der Waals surface area contributed by atoms with Crippen LogP contribution in [0.15, 0.2) is 70.7 Å². The van der Waals surface area contributed by atoms with Crippen LogP contribution in [-0.4, -0.2) is 30.6 Å². The lowest BCUT2D eigenvalue weighted by atomic mass is 10.1. The number of nitrogens with one attached hydrogen (secondary N) is 2. The quantitative estimate of drug-likeness (QED) is 0.255. The molecule has 0 unspecified atom stereocenters. The summed E-state index contributed by atoms with van der Waals surface area (Å²) in [5.74, 6) is -1.06. The predicted molar refractivity (Wildman–Crippen MR) is 124 cm³/mol. The Morgan fingerprint density at radius 1 is 1.03 bits per heavy atom. The summed E-state index contributed by atoms with van der Waals surface area (Å²) in [6, 6.07) is 14.4. The van der Waals surface area contributed by atoms with E-state index in [9.17, 15) is 23.3 Å². The number of rotatable bonds is 8. The molecule has 0 amide bonds. The van der Waals surface area contributed by atoms with Crippen molar-refractivity contribution in [1.29, 1.82) is 0 Å². The number of nitrogens with zero attached hydrogens (tertiary/aromatic N) is 2. The van der Waals surface area contributed by atoms with Crippen LogP contribution in [0, 0.1) is 24.0 Å². The summed E-state index contributed by atoms with van der Waals surface area (Å²) in [4.78, 5) is 21.1. The fourth-order valence-corrected chi connectivity index (χ4v) is 4.26. The maximum Gasteiger partial charge on any atom is 0.335 e. The molecule has 0 atom stereocenters. The fourth-order valence-electron chi connectivity index (χ4n) is 2.96. The highest BCUT2D eigenvalue weighted by Gasteiger charge is 2.23. The topological polar surface area (TPSA) is 151 Å². The second-order valence-corrected chi connectivity index (χ2v) is 8.81. The molecule has 0 fully saturated rings. The lowest BCUT2D eigenvalue weighted by Gasteiger charge is -2.14. The van der Waals surface area contributed by atoms with Gasteiger partial charge in [-0.15, -0.1) is 0 Å². The van der Waals surface area contributed by atoms with Gasteiger partial charge in [0.15, 0.2) is 0 Å². The molecular weight excluding hydrogens is 448 g/mol. The molecule has 11 heteroatoms. The van der Waals surface area contributed by atoms with Gasteiger partial charge in [-0.2, -0.15) is 5.10 Å². The van der Waals surface area contributed by atoms with Gasteiger partial charge < -0.3 is 5.11 Å². The van der Waals surface area contributed by atoms with Gasteiger partial charge in [-0.05, 0) is 49.2 Å². The molecule has 0 saturated carbocycles. The number of anilines is 2. The number of aryl methyl sites for hydroxylation is 2. The molecule has 10 nitrogen and oxygen atoms in total. The standard InChI is InChI=1S/C22H20N4O6S/c1-14-3-9-19(15(2)11-14)25-33(31,32)21-12-18(26(29)30)8-10-20(21)24-23-13-16-4-6-17(7-5-16)22(27)28/h3-13,24-25H,1-2H3,(H,27,28)/b23-13+. The molecule has 0 heterocycles. The Hall–Kier alpha value is -4.25. The molecule has 0 aliphatic carbocycles. The highest BCUT2D eigenvalue weighted by atomic mass is 32.2. The van der Waals surface area contributed by atoms with Crippen molar-refractivity contribution in [2.45, 2.75) is 18.7 Å². The average molecular weight is 468 g/mol. The van der Waals surface area contributed by atoms with Crippen LogP contribution >= 0.6 is 0 Å². The van der Waals surface area contributed by atoms with E-state index in [1.807, 2.05) is 13.0 Å². The summed E-state index contributed by atoms with van der Waals surface area (Å²) in [6.45, 7) is 3.62. The van der Waals surface area contributed by atoms with Crippen LogP contribution < -0.4 is 10.1 Å². The van der Waals surface area contributed by atoms with E-state index in [1.165, 1.54) is 36.5 Å². The number of carboxylic acids is 1. The Bertz CT molecular complexity index is 1350. The van der Waals surface area contributed by atoms with Gasteiger partial charge in [0.1, 0.15) is 4.90 Å². The number of non-ortho nitro benzene ring substituents is 1. The molecule has 3 aromatic carbocycles. The van der Waals surface area contributed by atoms with E-state index in [0.29, 0.717) is 16.8 Å². The first-order valence-electron chi connectivity index (χ1n) is 9.58. The van der Waals surface area contributed by atoms with Crippen molar-refractivity contribution in [2.75, 3.05) is 10.1 Å². The first kappa shape index (κ1) is 23.4. The summed E-state index contributed by atoms with van der Waals surface area (Å²) >= 11 is 0. The fraction of sp³-hybridized carbons (Fsp3) is 0.0909. The molecule has 3 rings (SSSR count). The third-order valence-electron chi connectivity index (χ3n) is 4.65. The smallest absolute Gasteiger partial charge is 0.335 e. The van der Waals surface area contributed by atoms with E-state index in [1.54, 1.807) is 19.1 Å². The molecule has 33 heavy (non-hydrogen) atoms. The number of hydrogen-bond donors (Lipinski definition) is 3. The van der Waals surface area contributed by atoms with Gasteiger partial charge in [-0.25, -0.2) is 13.2 Å². The van der Waals surface area contributed by atoms with Crippen molar-refractivity contribution >= 4 is 39.3 Å². The normalized spacial score (nSPS) is 11.3. The molecule has 0 aliphatic heterocycles. The second kappa shape index (κ2) is 9.49. The third-order valence-corrected chi connectivity index (χ3v) is 6.05. The summed E-state index contributed by atoms with van der Waals surface area (Å²) < 4.78 is 28.6. The van der Waals surface area contributed by atoms with E-state index in [4.69, 9.17) is 5.11 Å². The van der Waals surface area contributed by atoms with Crippen molar-refractivity contribution < 1.29 is 23.2 Å². The van der Waals surface area contributed by atoms with Crippen molar-refractivity contribution in [3.8, 4) is 0 Å². The largest absolute Gasteiger partial charge is 0.478 e. The molecule has 3 aromatic rings. The first-order chi connectivity index (χ1) is 15.6. The number of aromatic carboxylic acids is 1. The zero-order valence-corrected chi connectivity index (χ0v) is 18.5. The van der Waals surface area contributed by atoms with Crippen LogP contribution in [0.4, 0.5) is 17.1 Å². The summed E-state index contributed by atoms with van der Waals surface area (Å²) in [7, 11) is -4.20. The van der Waals surface area contributed by atoms with E-state index in [0.717, 1.165) is 17.7 Å². The summed E-state index contributed by atoms with van der Waals surface area (Å²) in [5.41, 5.74) is 4.90. The van der Waals surface area contributed by atoms with E-state index in [-0.39, 0.29) is 16.1 Å². The number of nitro groups is 1. The maximum atomic E-state index is 13.1. The summed E-state index contributed by atoms with van der Waals surface area (Å²) in [5, 5.41) is 24.1. The minimum Gasteiger partial charge on any atom is -0.478 e. The lowest BCUT2D eigenvalue weighted by molar-refractivity contribution is -0.385. The maximum absolute atomic E-state index is 13.1. The monoisotopic (exact) mass is 468 g/mol. The Morgan fingerprint density at radius 2 is 1.70 bits per heavy atom. The van der Waals surface area contributed by atoms with Gasteiger partial charge in [0.05, 0.1) is 28.1 Å². The molecule has 3 N–H and O–H groups in total. The molecular formula is C22H20N4O6S. The third kappa shape index (κ3) is 5.71. The summed E-state index contributed by atoms with van der Waals surface area (Å²) in [6.07, 6.45) is 1.36. The molecule has 0 aromatic heterocycles. The molecule has 0 radical (unpaired) electrons. The Morgan fingerprint density at radius 3 is 2.30 bits per heavy atom. The predicted octanol–water partition coefficient (Wildman–Crippen LogP) is 4.16. The number of sulfonamides is 1. The van der Waals surface area contributed by atoms with Crippen molar-refractivity contribution in [3.63, 3.8) is 0 Å². The number of carbonyl (C=O) groups is 1. The molecule has 0 spiro atoms. The number of nitro benzene ring substituents is 1. The van der Waals surface area contributed by atoms with E-state index >= 15 is 0 Å². The van der Waals surface area contributed by atoms with Gasteiger partial charge in [-0.3, -0.25) is 20.3 Å². The van der Waals surface area contributed by atoms with Gasteiger partial charge >= 0.3 is 5.97 Å². The Balaban J connectivity index is 1.92. The molecule has 0 bridgehead atoms. The van der Waals surface area contributed by atoms with Crippen LogP contribution in [0.1, 0.15) is 27.0 Å². The van der Waals surface area contributed by atoms with Crippen LogP contribution in [0.25, 0.3) is 0 Å².